The SMILES string of the molecule is CC(C)N(Cc1cccs1)CC1C2CCC(C2)C1N. The first-order chi connectivity index (χ1) is 9.15. The number of hydrogen-bond donors (Lipinski definition) is 1. The molecule has 2 aliphatic rings. The van der Waals surface area contributed by atoms with Crippen LogP contribution >= 0.6 is 11.3 Å². The molecule has 2 N–H and O–H groups in total. The lowest BCUT2D eigenvalue weighted by Crippen LogP contribution is -2.44. The van der Waals surface area contributed by atoms with Gasteiger partial charge in [0.15, 0.2) is 0 Å². The molecule has 0 radical (unpaired) electrons. The van der Waals surface area contributed by atoms with Crippen LogP contribution in [0.5, 0.6) is 0 Å². The molecular formula is C16H26N2S. The van der Waals surface area contributed by atoms with Crippen molar-refractivity contribution in [1.82, 2.24) is 4.90 Å². The van der Waals surface area contributed by atoms with E-state index in [9.17, 15) is 0 Å². The average Bonchev–Trinajstić information content (AvgIpc) is 3.07. The minimum atomic E-state index is 0.461. The second-order valence-electron chi connectivity index (χ2n) is 6.68. The molecule has 1 aromatic heterocycles. The average molecular weight is 278 g/mol. The second-order valence-corrected chi connectivity index (χ2v) is 7.71. The Morgan fingerprint density at radius 3 is 2.74 bits per heavy atom. The van der Waals surface area contributed by atoms with Crippen LogP contribution < -0.4 is 5.73 Å². The third kappa shape index (κ3) is 2.74. The fourth-order valence-electron chi connectivity index (χ4n) is 4.06. The molecular weight excluding hydrogens is 252 g/mol. The van der Waals surface area contributed by atoms with Crippen molar-refractivity contribution < 1.29 is 0 Å². The molecule has 3 rings (SSSR count). The van der Waals surface area contributed by atoms with Gasteiger partial charge in [-0.3, -0.25) is 4.90 Å². The van der Waals surface area contributed by atoms with Crippen LogP contribution in [0.1, 0.15) is 38.0 Å². The van der Waals surface area contributed by atoms with E-state index in [1.165, 1.54) is 30.7 Å². The highest BCUT2D eigenvalue weighted by Crippen LogP contribution is 2.48. The Balaban J connectivity index is 1.65. The Labute approximate surface area is 121 Å². The predicted octanol–water partition coefficient (Wildman–Crippen LogP) is 3.33. The highest BCUT2D eigenvalue weighted by atomic mass is 32.1. The van der Waals surface area contributed by atoms with Gasteiger partial charge in [-0.1, -0.05) is 6.07 Å². The van der Waals surface area contributed by atoms with E-state index >= 15 is 0 Å². The quantitative estimate of drug-likeness (QED) is 0.895. The molecule has 0 saturated heterocycles. The van der Waals surface area contributed by atoms with Crippen LogP contribution in [0.4, 0.5) is 0 Å². The standard InChI is InChI=1S/C16H26N2S/c1-11(2)18(9-14-4-3-7-19-14)10-15-12-5-6-13(8-12)16(15)17/h3-4,7,11-13,15-16H,5-6,8-10,17H2,1-2H3. The van der Waals surface area contributed by atoms with Crippen molar-refractivity contribution in [3.8, 4) is 0 Å². The van der Waals surface area contributed by atoms with Crippen molar-refractivity contribution in [2.24, 2.45) is 23.5 Å². The molecule has 2 nitrogen and oxygen atoms in total. The summed E-state index contributed by atoms with van der Waals surface area (Å²) in [5, 5.41) is 2.18. The minimum absolute atomic E-state index is 0.461. The lowest BCUT2D eigenvalue weighted by atomic mass is 9.84. The Morgan fingerprint density at radius 2 is 2.16 bits per heavy atom. The van der Waals surface area contributed by atoms with Gasteiger partial charge in [-0.25, -0.2) is 0 Å². The van der Waals surface area contributed by atoms with E-state index in [1.807, 2.05) is 11.3 Å². The summed E-state index contributed by atoms with van der Waals surface area (Å²) in [5.41, 5.74) is 6.46. The Bertz CT molecular complexity index is 399. The third-order valence-electron chi connectivity index (χ3n) is 5.27. The van der Waals surface area contributed by atoms with Gasteiger partial charge in [-0.15, -0.1) is 11.3 Å². The Kier molecular flexibility index (Phi) is 3.97. The molecule has 2 fully saturated rings. The van der Waals surface area contributed by atoms with E-state index in [-0.39, 0.29) is 0 Å². The molecule has 3 heteroatoms. The van der Waals surface area contributed by atoms with Gasteiger partial charge in [-0.05, 0) is 62.3 Å². The van der Waals surface area contributed by atoms with Gasteiger partial charge in [0.25, 0.3) is 0 Å². The zero-order valence-electron chi connectivity index (χ0n) is 12.1. The smallest absolute Gasteiger partial charge is 0.0330 e. The molecule has 0 amide bonds. The number of rotatable bonds is 5. The van der Waals surface area contributed by atoms with Gasteiger partial charge >= 0.3 is 0 Å². The highest BCUT2D eigenvalue weighted by molar-refractivity contribution is 7.09. The van der Waals surface area contributed by atoms with Gasteiger partial charge < -0.3 is 5.73 Å². The lowest BCUT2D eigenvalue weighted by Gasteiger charge is -2.35. The number of thiophene rings is 1. The van der Waals surface area contributed by atoms with Gasteiger partial charge in [0, 0.05) is 30.1 Å². The van der Waals surface area contributed by atoms with Crippen molar-refractivity contribution in [2.75, 3.05) is 6.54 Å². The zero-order valence-corrected chi connectivity index (χ0v) is 12.9. The number of fused-ring (bicyclic) bond motifs is 2. The van der Waals surface area contributed by atoms with E-state index in [4.69, 9.17) is 5.73 Å². The van der Waals surface area contributed by atoms with Crippen molar-refractivity contribution in [3.05, 3.63) is 22.4 Å². The summed E-state index contributed by atoms with van der Waals surface area (Å²) in [6.07, 6.45) is 4.21. The van der Waals surface area contributed by atoms with Crippen LogP contribution in [0.3, 0.4) is 0 Å². The molecule has 0 aromatic carbocycles. The zero-order chi connectivity index (χ0) is 13.4. The summed E-state index contributed by atoms with van der Waals surface area (Å²) in [7, 11) is 0. The first-order valence-electron chi connectivity index (χ1n) is 7.67. The van der Waals surface area contributed by atoms with E-state index in [2.05, 4.69) is 36.3 Å². The molecule has 0 aliphatic heterocycles. The van der Waals surface area contributed by atoms with E-state index in [1.54, 1.807) is 0 Å². The van der Waals surface area contributed by atoms with Gasteiger partial charge in [0.1, 0.15) is 0 Å². The summed E-state index contributed by atoms with van der Waals surface area (Å²) in [6.45, 7) is 6.91. The van der Waals surface area contributed by atoms with Crippen LogP contribution in [0.25, 0.3) is 0 Å². The summed E-state index contributed by atoms with van der Waals surface area (Å²) in [5.74, 6) is 2.47. The molecule has 2 aliphatic carbocycles. The Morgan fingerprint density at radius 1 is 1.37 bits per heavy atom. The van der Waals surface area contributed by atoms with Crippen LogP contribution in [-0.4, -0.2) is 23.5 Å². The Hall–Kier alpha value is -0.380. The molecule has 106 valence electrons. The molecule has 1 heterocycles. The summed E-state index contributed by atoms with van der Waals surface area (Å²) >= 11 is 1.87. The van der Waals surface area contributed by atoms with Gasteiger partial charge in [0.2, 0.25) is 0 Å². The minimum Gasteiger partial charge on any atom is -0.327 e. The van der Waals surface area contributed by atoms with Crippen molar-refractivity contribution in [1.29, 1.82) is 0 Å². The predicted molar refractivity (Wildman–Crippen MR) is 82.2 cm³/mol. The maximum atomic E-state index is 6.46. The van der Waals surface area contributed by atoms with Crippen LogP contribution in [0.15, 0.2) is 17.5 Å². The van der Waals surface area contributed by atoms with E-state index in [0.717, 1.165) is 24.3 Å². The lowest BCUT2D eigenvalue weighted by molar-refractivity contribution is 0.140. The van der Waals surface area contributed by atoms with Crippen LogP contribution in [0.2, 0.25) is 0 Å². The van der Waals surface area contributed by atoms with Crippen LogP contribution in [0, 0.1) is 17.8 Å². The first-order valence-corrected chi connectivity index (χ1v) is 8.55. The molecule has 0 spiro atoms. The summed E-state index contributed by atoms with van der Waals surface area (Å²) in [4.78, 5) is 4.10. The van der Waals surface area contributed by atoms with E-state index in [0.29, 0.717) is 12.1 Å². The second kappa shape index (κ2) is 5.55. The molecule has 4 atom stereocenters. The van der Waals surface area contributed by atoms with Crippen LogP contribution in [-0.2, 0) is 6.54 Å². The van der Waals surface area contributed by atoms with E-state index < -0.39 is 0 Å². The first kappa shape index (κ1) is 13.6. The highest BCUT2D eigenvalue weighted by Gasteiger charge is 2.46. The van der Waals surface area contributed by atoms with Gasteiger partial charge in [-0.2, -0.15) is 0 Å². The normalized spacial score (nSPS) is 33.7. The monoisotopic (exact) mass is 278 g/mol. The van der Waals surface area contributed by atoms with Gasteiger partial charge in [0.05, 0.1) is 0 Å². The maximum Gasteiger partial charge on any atom is 0.0330 e. The third-order valence-corrected chi connectivity index (χ3v) is 6.13. The molecule has 2 bridgehead atoms. The van der Waals surface area contributed by atoms with Crippen molar-refractivity contribution in [3.63, 3.8) is 0 Å². The largest absolute Gasteiger partial charge is 0.327 e. The fraction of sp³-hybridized carbons (Fsp3) is 0.750. The molecule has 19 heavy (non-hydrogen) atoms. The number of nitrogens with zero attached hydrogens (tertiary/aromatic N) is 1. The number of hydrogen-bond acceptors (Lipinski definition) is 3. The fourth-order valence-corrected chi connectivity index (χ4v) is 4.79. The summed E-state index contributed by atoms with van der Waals surface area (Å²) < 4.78 is 0. The number of nitrogens with two attached hydrogens (primary N) is 1. The molecule has 4 unspecified atom stereocenters. The molecule has 1 aromatic rings. The summed E-state index contributed by atoms with van der Waals surface area (Å²) in [6, 6.07) is 5.47. The topological polar surface area (TPSA) is 29.3 Å². The van der Waals surface area contributed by atoms with Crippen molar-refractivity contribution in [2.45, 2.75) is 51.7 Å². The maximum absolute atomic E-state index is 6.46. The molecule has 2 saturated carbocycles. The van der Waals surface area contributed by atoms with Crippen molar-refractivity contribution >= 4 is 11.3 Å².